The molecule has 15 heavy (non-hydrogen) atoms. The lowest BCUT2D eigenvalue weighted by Crippen LogP contribution is -2.52. The number of aliphatic carboxylic acids is 1. The third-order valence-corrected chi connectivity index (χ3v) is 4.42. The third-order valence-electron chi connectivity index (χ3n) is 4.42. The molecule has 0 heterocycles. The molecule has 2 aliphatic carbocycles. The summed E-state index contributed by atoms with van der Waals surface area (Å²) in [7, 11) is 0. The predicted octanol–water partition coefficient (Wildman–Crippen LogP) is 2.04. The van der Waals surface area contributed by atoms with Gasteiger partial charge in [-0.25, -0.2) is 0 Å². The lowest BCUT2D eigenvalue weighted by atomic mass is 9.56. The Labute approximate surface area is 90.5 Å². The number of aliphatic hydroxyl groups is 1. The average molecular weight is 212 g/mol. The van der Waals surface area contributed by atoms with Crippen molar-refractivity contribution in [3.8, 4) is 0 Å². The van der Waals surface area contributed by atoms with E-state index in [9.17, 15) is 15.0 Å². The van der Waals surface area contributed by atoms with E-state index in [1.165, 1.54) is 0 Å². The predicted molar refractivity (Wildman–Crippen MR) is 56.4 cm³/mol. The first kappa shape index (κ1) is 10.9. The molecule has 0 unspecified atom stereocenters. The molecule has 0 radical (unpaired) electrons. The van der Waals surface area contributed by atoms with Crippen LogP contribution < -0.4 is 0 Å². The van der Waals surface area contributed by atoms with Crippen LogP contribution >= 0.6 is 0 Å². The van der Waals surface area contributed by atoms with E-state index in [0.29, 0.717) is 18.8 Å². The van der Waals surface area contributed by atoms with Gasteiger partial charge >= 0.3 is 5.97 Å². The molecule has 2 aliphatic rings. The van der Waals surface area contributed by atoms with E-state index in [1.54, 1.807) is 0 Å². The number of hydrogen-bond acceptors (Lipinski definition) is 2. The Morgan fingerprint density at radius 3 is 2.13 bits per heavy atom. The zero-order valence-electron chi connectivity index (χ0n) is 9.28. The van der Waals surface area contributed by atoms with Crippen molar-refractivity contribution in [3.63, 3.8) is 0 Å². The summed E-state index contributed by atoms with van der Waals surface area (Å²) < 4.78 is 0. The number of carboxylic acids is 1. The van der Waals surface area contributed by atoms with Crippen LogP contribution in [-0.2, 0) is 4.79 Å². The molecular formula is C12H20O3. The molecule has 86 valence electrons. The van der Waals surface area contributed by atoms with E-state index in [0.717, 1.165) is 31.6 Å². The fraction of sp³-hybridized carbons (Fsp3) is 0.917. The van der Waals surface area contributed by atoms with Gasteiger partial charge in [0, 0.05) is 0 Å². The molecule has 0 aromatic carbocycles. The van der Waals surface area contributed by atoms with Gasteiger partial charge in [0.1, 0.15) is 0 Å². The first-order chi connectivity index (χ1) is 7.04. The number of carboxylic acid groups (broad SMARTS) is 1. The SMILES string of the molecule is CC1CCC(C2(C(=O)O)CC(O)C2)CC1. The van der Waals surface area contributed by atoms with Gasteiger partial charge in [-0.1, -0.05) is 19.8 Å². The van der Waals surface area contributed by atoms with E-state index < -0.39 is 11.4 Å². The Morgan fingerprint density at radius 1 is 1.20 bits per heavy atom. The van der Waals surface area contributed by atoms with Crippen molar-refractivity contribution in [2.24, 2.45) is 17.3 Å². The second kappa shape index (κ2) is 3.78. The van der Waals surface area contributed by atoms with Gasteiger partial charge in [0.25, 0.3) is 0 Å². The topological polar surface area (TPSA) is 57.5 Å². The van der Waals surface area contributed by atoms with Crippen LogP contribution in [0.15, 0.2) is 0 Å². The van der Waals surface area contributed by atoms with Gasteiger partial charge < -0.3 is 10.2 Å². The summed E-state index contributed by atoms with van der Waals surface area (Å²) >= 11 is 0. The van der Waals surface area contributed by atoms with Gasteiger partial charge in [-0.3, -0.25) is 4.79 Å². The van der Waals surface area contributed by atoms with Crippen LogP contribution in [0.5, 0.6) is 0 Å². The van der Waals surface area contributed by atoms with Crippen LogP contribution in [0.4, 0.5) is 0 Å². The maximum atomic E-state index is 11.3. The molecule has 2 rings (SSSR count). The highest BCUT2D eigenvalue weighted by Crippen LogP contribution is 2.52. The summed E-state index contributed by atoms with van der Waals surface area (Å²) in [6, 6.07) is 0. The van der Waals surface area contributed by atoms with Crippen molar-refractivity contribution < 1.29 is 15.0 Å². The molecule has 0 aromatic heterocycles. The number of rotatable bonds is 2. The molecule has 2 saturated carbocycles. The van der Waals surface area contributed by atoms with Gasteiger partial charge in [0.2, 0.25) is 0 Å². The van der Waals surface area contributed by atoms with E-state index in [4.69, 9.17) is 0 Å². The summed E-state index contributed by atoms with van der Waals surface area (Å²) in [5.41, 5.74) is -0.584. The normalized spacial score (nSPS) is 45.9. The van der Waals surface area contributed by atoms with Crippen LogP contribution in [-0.4, -0.2) is 22.3 Å². The van der Waals surface area contributed by atoms with Gasteiger partial charge in [-0.2, -0.15) is 0 Å². The molecule has 3 nitrogen and oxygen atoms in total. The lowest BCUT2D eigenvalue weighted by Gasteiger charge is -2.49. The zero-order valence-corrected chi connectivity index (χ0v) is 9.28. The van der Waals surface area contributed by atoms with Crippen molar-refractivity contribution in [3.05, 3.63) is 0 Å². The summed E-state index contributed by atoms with van der Waals surface area (Å²) in [5.74, 6) is 0.360. The molecule has 0 bridgehead atoms. The third kappa shape index (κ3) is 1.78. The maximum absolute atomic E-state index is 11.3. The molecule has 2 fully saturated rings. The number of hydrogen-bond donors (Lipinski definition) is 2. The van der Waals surface area contributed by atoms with E-state index in [1.807, 2.05) is 0 Å². The Hall–Kier alpha value is -0.570. The van der Waals surface area contributed by atoms with Crippen molar-refractivity contribution in [1.29, 1.82) is 0 Å². The van der Waals surface area contributed by atoms with Crippen LogP contribution in [0, 0.1) is 17.3 Å². The quantitative estimate of drug-likeness (QED) is 0.736. The molecule has 0 amide bonds. The summed E-state index contributed by atoms with van der Waals surface area (Å²) in [5, 5.41) is 18.7. The number of aliphatic hydroxyl groups excluding tert-OH is 1. The smallest absolute Gasteiger partial charge is 0.310 e. The monoisotopic (exact) mass is 212 g/mol. The largest absolute Gasteiger partial charge is 0.481 e. The van der Waals surface area contributed by atoms with Crippen LogP contribution in [0.25, 0.3) is 0 Å². The van der Waals surface area contributed by atoms with E-state index in [-0.39, 0.29) is 6.10 Å². The Kier molecular flexibility index (Phi) is 2.75. The highest BCUT2D eigenvalue weighted by Gasteiger charge is 2.55. The molecular weight excluding hydrogens is 192 g/mol. The Balaban J connectivity index is 2.04. The Bertz CT molecular complexity index is 248. The van der Waals surface area contributed by atoms with Crippen LogP contribution in [0.3, 0.4) is 0 Å². The average Bonchev–Trinajstić information content (AvgIpc) is 2.13. The minimum atomic E-state index is -0.688. The summed E-state index contributed by atoms with van der Waals surface area (Å²) in [6.45, 7) is 2.24. The van der Waals surface area contributed by atoms with Gasteiger partial charge in [-0.05, 0) is 37.5 Å². The second-order valence-corrected chi connectivity index (χ2v) is 5.48. The zero-order chi connectivity index (χ0) is 11.1. The van der Waals surface area contributed by atoms with E-state index in [2.05, 4.69) is 6.92 Å². The molecule has 0 spiro atoms. The fourth-order valence-corrected chi connectivity index (χ4v) is 3.28. The molecule has 2 N–H and O–H groups in total. The molecule has 0 atom stereocenters. The highest BCUT2D eigenvalue weighted by molar-refractivity contribution is 5.76. The van der Waals surface area contributed by atoms with Gasteiger partial charge in [-0.15, -0.1) is 0 Å². The molecule has 0 aliphatic heterocycles. The fourth-order valence-electron chi connectivity index (χ4n) is 3.28. The molecule has 0 aromatic rings. The van der Waals surface area contributed by atoms with E-state index >= 15 is 0 Å². The van der Waals surface area contributed by atoms with Crippen LogP contribution in [0.2, 0.25) is 0 Å². The standard InChI is InChI=1S/C12H20O3/c1-8-2-4-9(5-3-8)12(11(14)15)6-10(13)7-12/h8-10,13H,2-7H2,1H3,(H,14,15). The van der Waals surface area contributed by atoms with Crippen molar-refractivity contribution >= 4 is 5.97 Å². The Morgan fingerprint density at radius 2 is 1.73 bits per heavy atom. The second-order valence-electron chi connectivity index (χ2n) is 5.48. The minimum absolute atomic E-state index is 0.301. The minimum Gasteiger partial charge on any atom is -0.481 e. The molecule has 0 saturated heterocycles. The van der Waals surface area contributed by atoms with Crippen molar-refractivity contribution in [2.45, 2.75) is 51.6 Å². The highest BCUT2D eigenvalue weighted by atomic mass is 16.4. The van der Waals surface area contributed by atoms with Gasteiger partial charge in [0.05, 0.1) is 11.5 Å². The van der Waals surface area contributed by atoms with Crippen molar-refractivity contribution in [2.75, 3.05) is 0 Å². The van der Waals surface area contributed by atoms with Gasteiger partial charge in [0.15, 0.2) is 0 Å². The molecule has 3 heteroatoms. The maximum Gasteiger partial charge on any atom is 0.310 e. The van der Waals surface area contributed by atoms with Crippen molar-refractivity contribution in [1.82, 2.24) is 0 Å². The van der Waals surface area contributed by atoms with Crippen LogP contribution in [0.1, 0.15) is 45.4 Å². The summed E-state index contributed by atoms with van der Waals surface area (Å²) in [6.07, 6.45) is 4.93. The number of carbonyl (C=O) groups is 1. The first-order valence-electron chi connectivity index (χ1n) is 5.96. The lowest BCUT2D eigenvalue weighted by molar-refractivity contribution is -0.173. The first-order valence-corrected chi connectivity index (χ1v) is 5.96. The summed E-state index contributed by atoms with van der Waals surface area (Å²) in [4.78, 5) is 11.3.